The lowest BCUT2D eigenvalue weighted by atomic mass is 9.92. The Morgan fingerprint density at radius 2 is 0.955 bits per heavy atom. The van der Waals surface area contributed by atoms with Crippen molar-refractivity contribution in [3.8, 4) is 0 Å². The second-order valence-corrected chi connectivity index (χ2v) is 7.30. The van der Waals surface area contributed by atoms with E-state index in [1.165, 1.54) is 109 Å². The molecular weight excluding hydrogens is 264 g/mol. The Morgan fingerprint density at radius 1 is 0.545 bits per heavy atom. The van der Waals surface area contributed by atoms with Crippen molar-refractivity contribution in [2.75, 3.05) is 0 Å². The summed E-state index contributed by atoms with van der Waals surface area (Å²) in [6.45, 7) is 8.61. The Labute approximate surface area is 142 Å². The van der Waals surface area contributed by atoms with E-state index in [1.54, 1.807) is 0 Å². The van der Waals surface area contributed by atoms with Crippen molar-refractivity contribution in [3.63, 3.8) is 0 Å². The first kappa shape index (κ1) is 22.0. The lowest BCUT2D eigenvalue weighted by Crippen LogP contribution is -1.99. The molecule has 0 aliphatic carbocycles. The maximum Gasteiger partial charge on any atom is -0.0417 e. The minimum Gasteiger partial charge on any atom is -0.0654 e. The minimum atomic E-state index is 1.00. The molecule has 0 aromatic heterocycles. The molecular formula is C22H45. The lowest BCUT2D eigenvalue weighted by Gasteiger charge is -2.14. The van der Waals surface area contributed by atoms with E-state index in [0.29, 0.717) is 0 Å². The Kier molecular flexibility index (Phi) is 19.0. The van der Waals surface area contributed by atoms with Gasteiger partial charge in [0.25, 0.3) is 0 Å². The van der Waals surface area contributed by atoms with Crippen molar-refractivity contribution in [3.05, 3.63) is 6.92 Å². The van der Waals surface area contributed by atoms with E-state index in [1.807, 2.05) is 0 Å². The van der Waals surface area contributed by atoms with Crippen LogP contribution in [0.1, 0.15) is 129 Å². The highest BCUT2D eigenvalue weighted by atomic mass is 14.1. The van der Waals surface area contributed by atoms with Crippen LogP contribution >= 0.6 is 0 Å². The summed E-state index contributed by atoms with van der Waals surface area (Å²) < 4.78 is 0. The van der Waals surface area contributed by atoms with Crippen LogP contribution in [0.15, 0.2) is 0 Å². The normalized spacial score (nSPS) is 12.7. The zero-order valence-electron chi connectivity index (χ0n) is 16.0. The minimum absolute atomic E-state index is 1.00. The number of hydrogen-bond donors (Lipinski definition) is 0. The summed E-state index contributed by atoms with van der Waals surface area (Å²) >= 11 is 0. The molecule has 0 saturated carbocycles. The number of unbranched alkanes of at least 4 members (excludes halogenated alkanes) is 13. The molecule has 1 atom stereocenters. The molecule has 0 aliphatic heterocycles. The molecule has 22 heavy (non-hydrogen) atoms. The van der Waals surface area contributed by atoms with Crippen LogP contribution in [-0.4, -0.2) is 0 Å². The van der Waals surface area contributed by atoms with Crippen molar-refractivity contribution in [1.82, 2.24) is 0 Å². The largest absolute Gasteiger partial charge is 0.0654 e. The van der Waals surface area contributed by atoms with Gasteiger partial charge >= 0.3 is 0 Å². The molecule has 0 bridgehead atoms. The van der Waals surface area contributed by atoms with Crippen LogP contribution in [0.4, 0.5) is 0 Å². The van der Waals surface area contributed by atoms with Crippen LogP contribution in [0.2, 0.25) is 0 Å². The standard InChI is InChI=1S/C22H45/c1-4-7-9-11-12-13-14-15-16-17-19-21-22(6-3)20-18-10-8-5-2/h22H,2,4-21H2,1,3H3. The third-order valence-corrected chi connectivity index (χ3v) is 5.16. The van der Waals surface area contributed by atoms with E-state index in [4.69, 9.17) is 0 Å². The van der Waals surface area contributed by atoms with E-state index in [-0.39, 0.29) is 0 Å². The SMILES string of the molecule is [CH2]CCCCCC(CC)CCCCCCCCCCCCC. The van der Waals surface area contributed by atoms with E-state index >= 15 is 0 Å². The van der Waals surface area contributed by atoms with Gasteiger partial charge in [-0.25, -0.2) is 0 Å². The van der Waals surface area contributed by atoms with Gasteiger partial charge in [0.05, 0.1) is 0 Å². The smallest absolute Gasteiger partial charge is 0.0417 e. The second kappa shape index (κ2) is 19.0. The summed E-state index contributed by atoms with van der Waals surface area (Å²) in [6.07, 6.45) is 25.7. The molecule has 0 aliphatic rings. The Bertz CT molecular complexity index is 184. The number of rotatable bonds is 18. The summed E-state index contributed by atoms with van der Waals surface area (Å²) in [7, 11) is 0. The fourth-order valence-electron chi connectivity index (χ4n) is 3.44. The van der Waals surface area contributed by atoms with Gasteiger partial charge in [-0.15, -0.1) is 0 Å². The molecule has 0 nitrogen and oxygen atoms in total. The van der Waals surface area contributed by atoms with Gasteiger partial charge in [0, 0.05) is 0 Å². The molecule has 0 aromatic rings. The first-order chi connectivity index (χ1) is 10.8. The third-order valence-electron chi connectivity index (χ3n) is 5.16. The molecule has 0 fully saturated rings. The summed E-state index contributed by atoms with van der Waals surface area (Å²) in [5, 5.41) is 0. The monoisotopic (exact) mass is 309 g/mol. The van der Waals surface area contributed by atoms with Gasteiger partial charge in [-0.05, 0) is 5.92 Å². The molecule has 0 amide bonds. The fraction of sp³-hybridized carbons (Fsp3) is 0.955. The summed E-state index contributed by atoms with van der Waals surface area (Å²) in [6, 6.07) is 0. The predicted octanol–water partition coefficient (Wildman–Crippen LogP) is 8.50. The van der Waals surface area contributed by atoms with Gasteiger partial charge in [0.2, 0.25) is 0 Å². The van der Waals surface area contributed by atoms with E-state index in [2.05, 4.69) is 20.8 Å². The van der Waals surface area contributed by atoms with Gasteiger partial charge in [-0.2, -0.15) is 0 Å². The van der Waals surface area contributed by atoms with Gasteiger partial charge in [-0.3, -0.25) is 0 Å². The molecule has 133 valence electrons. The van der Waals surface area contributed by atoms with Crippen LogP contribution in [0, 0.1) is 12.8 Å². The van der Waals surface area contributed by atoms with Crippen LogP contribution < -0.4 is 0 Å². The van der Waals surface area contributed by atoms with Crippen molar-refractivity contribution in [2.45, 2.75) is 129 Å². The average Bonchev–Trinajstić information content (AvgIpc) is 2.54. The maximum atomic E-state index is 3.93. The van der Waals surface area contributed by atoms with Crippen LogP contribution in [0.5, 0.6) is 0 Å². The first-order valence-electron chi connectivity index (χ1n) is 10.6. The molecule has 0 N–H and O–H groups in total. The Morgan fingerprint density at radius 3 is 1.36 bits per heavy atom. The molecule has 0 spiro atoms. The molecule has 1 radical (unpaired) electrons. The van der Waals surface area contributed by atoms with E-state index < -0.39 is 0 Å². The maximum absolute atomic E-state index is 3.93. The number of hydrogen-bond acceptors (Lipinski definition) is 0. The van der Waals surface area contributed by atoms with Gasteiger partial charge in [0.15, 0.2) is 0 Å². The average molecular weight is 310 g/mol. The van der Waals surface area contributed by atoms with Crippen LogP contribution in [0.3, 0.4) is 0 Å². The van der Waals surface area contributed by atoms with Crippen molar-refractivity contribution >= 4 is 0 Å². The lowest BCUT2D eigenvalue weighted by molar-refractivity contribution is 0.394. The predicted molar refractivity (Wildman–Crippen MR) is 103 cm³/mol. The van der Waals surface area contributed by atoms with Crippen molar-refractivity contribution in [2.24, 2.45) is 5.92 Å². The van der Waals surface area contributed by atoms with E-state index in [9.17, 15) is 0 Å². The van der Waals surface area contributed by atoms with Crippen molar-refractivity contribution < 1.29 is 0 Å². The molecule has 1 unspecified atom stereocenters. The third kappa shape index (κ3) is 16.4. The molecule has 0 aromatic carbocycles. The molecule has 0 heteroatoms. The van der Waals surface area contributed by atoms with Crippen LogP contribution in [0.25, 0.3) is 0 Å². The zero-order valence-corrected chi connectivity index (χ0v) is 16.0. The van der Waals surface area contributed by atoms with Crippen LogP contribution in [-0.2, 0) is 0 Å². The summed E-state index contributed by atoms with van der Waals surface area (Å²) in [5.74, 6) is 1.00. The topological polar surface area (TPSA) is 0 Å². The Hall–Kier alpha value is 0. The van der Waals surface area contributed by atoms with Crippen molar-refractivity contribution in [1.29, 1.82) is 0 Å². The second-order valence-electron chi connectivity index (χ2n) is 7.30. The van der Waals surface area contributed by atoms with Gasteiger partial charge < -0.3 is 0 Å². The van der Waals surface area contributed by atoms with E-state index in [0.717, 1.165) is 12.3 Å². The highest BCUT2D eigenvalue weighted by Crippen LogP contribution is 2.21. The quantitative estimate of drug-likeness (QED) is 0.223. The summed E-state index contributed by atoms with van der Waals surface area (Å²) in [5.41, 5.74) is 0. The van der Waals surface area contributed by atoms with Gasteiger partial charge in [-0.1, -0.05) is 136 Å². The first-order valence-corrected chi connectivity index (χ1v) is 10.6. The molecule has 0 saturated heterocycles. The molecule has 0 rings (SSSR count). The fourth-order valence-corrected chi connectivity index (χ4v) is 3.44. The highest BCUT2D eigenvalue weighted by Gasteiger charge is 2.05. The highest BCUT2D eigenvalue weighted by molar-refractivity contribution is 4.59. The Balaban J connectivity index is 3.22. The summed E-state index contributed by atoms with van der Waals surface area (Å²) in [4.78, 5) is 0. The van der Waals surface area contributed by atoms with Gasteiger partial charge in [0.1, 0.15) is 0 Å². The molecule has 0 heterocycles. The zero-order chi connectivity index (χ0) is 16.3.